The van der Waals surface area contributed by atoms with Crippen LogP contribution in [-0.4, -0.2) is 6.54 Å². The van der Waals surface area contributed by atoms with Crippen LogP contribution < -0.4 is 5.32 Å². The van der Waals surface area contributed by atoms with Crippen LogP contribution in [0.25, 0.3) is 0 Å². The molecule has 0 aliphatic rings. The third kappa shape index (κ3) is 4.39. The predicted octanol–water partition coefficient (Wildman–Crippen LogP) is 3.76. The highest BCUT2D eigenvalue weighted by Crippen LogP contribution is 2.14. The molecular formula is C15H18ClNO2. The zero-order chi connectivity index (χ0) is 13.5. The molecule has 1 N–H and O–H groups in total. The van der Waals surface area contributed by atoms with Crippen molar-refractivity contribution in [1.29, 1.82) is 0 Å². The first-order valence-electron chi connectivity index (χ1n) is 6.37. The van der Waals surface area contributed by atoms with Crippen LogP contribution in [0.15, 0.2) is 41.0 Å². The Hall–Kier alpha value is -1.29. The topological polar surface area (TPSA) is 34.4 Å². The number of ether oxygens (including phenoxy) is 1. The third-order valence-electron chi connectivity index (χ3n) is 2.81. The minimum absolute atomic E-state index is 0.555. The smallest absolute Gasteiger partial charge is 0.123 e. The van der Waals surface area contributed by atoms with E-state index in [0.29, 0.717) is 13.2 Å². The maximum Gasteiger partial charge on any atom is 0.123 e. The van der Waals surface area contributed by atoms with Gasteiger partial charge in [-0.05, 0) is 30.3 Å². The highest BCUT2D eigenvalue weighted by Gasteiger charge is 2.05. The first-order chi connectivity index (χ1) is 9.29. The molecule has 3 nitrogen and oxygen atoms in total. The normalized spacial score (nSPS) is 10.8. The molecule has 0 saturated carbocycles. The van der Waals surface area contributed by atoms with E-state index in [4.69, 9.17) is 20.8 Å². The summed E-state index contributed by atoms with van der Waals surface area (Å²) in [5, 5.41) is 3.98. The lowest BCUT2D eigenvalue weighted by molar-refractivity contribution is 0.106. The number of furan rings is 1. The largest absolute Gasteiger partial charge is 0.468 e. The van der Waals surface area contributed by atoms with Gasteiger partial charge in [-0.3, -0.25) is 0 Å². The van der Waals surface area contributed by atoms with Crippen LogP contribution in [-0.2, 0) is 24.5 Å². The molecule has 0 atom stereocenters. The molecule has 0 saturated heterocycles. The molecule has 1 aromatic heterocycles. The summed E-state index contributed by atoms with van der Waals surface area (Å²) < 4.78 is 11.1. The quantitative estimate of drug-likeness (QED) is 0.838. The van der Waals surface area contributed by atoms with E-state index < -0.39 is 0 Å². The fraction of sp³-hybridized carbons (Fsp3) is 0.333. The lowest BCUT2D eigenvalue weighted by Gasteiger charge is -2.05. The Labute approximate surface area is 118 Å². The van der Waals surface area contributed by atoms with Gasteiger partial charge in [-0.1, -0.05) is 30.7 Å². The van der Waals surface area contributed by atoms with Crippen molar-refractivity contribution in [3.05, 3.63) is 58.5 Å². The second kappa shape index (κ2) is 7.34. The summed E-state index contributed by atoms with van der Waals surface area (Å²) in [5.74, 6) is 0.943. The summed E-state index contributed by atoms with van der Waals surface area (Å²) in [4.78, 5) is 0. The third-order valence-corrected chi connectivity index (χ3v) is 3.06. The molecule has 102 valence electrons. The molecule has 2 rings (SSSR count). The fourth-order valence-corrected chi connectivity index (χ4v) is 1.87. The van der Waals surface area contributed by atoms with Gasteiger partial charge in [0.15, 0.2) is 0 Å². The van der Waals surface area contributed by atoms with Crippen molar-refractivity contribution in [1.82, 2.24) is 5.32 Å². The number of hydrogen-bond donors (Lipinski definition) is 1. The van der Waals surface area contributed by atoms with Crippen molar-refractivity contribution in [3.8, 4) is 0 Å². The summed E-state index contributed by atoms with van der Waals surface area (Å²) in [6, 6.07) is 9.63. The van der Waals surface area contributed by atoms with Crippen molar-refractivity contribution in [2.75, 3.05) is 6.54 Å². The second-order valence-electron chi connectivity index (χ2n) is 4.27. The highest BCUT2D eigenvalue weighted by atomic mass is 35.5. The van der Waals surface area contributed by atoms with E-state index in [1.807, 2.05) is 30.3 Å². The van der Waals surface area contributed by atoms with Crippen LogP contribution in [0.3, 0.4) is 0 Å². The Balaban J connectivity index is 1.82. The van der Waals surface area contributed by atoms with Crippen molar-refractivity contribution in [2.24, 2.45) is 0 Å². The van der Waals surface area contributed by atoms with E-state index in [1.165, 1.54) is 0 Å². The first-order valence-corrected chi connectivity index (χ1v) is 6.75. The van der Waals surface area contributed by atoms with E-state index in [2.05, 4.69) is 12.2 Å². The van der Waals surface area contributed by atoms with Gasteiger partial charge in [-0.25, -0.2) is 0 Å². The van der Waals surface area contributed by atoms with Crippen LogP contribution in [0.4, 0.5) is 0 Å². The lowest BCUT2D eigenvalue weighted by Crippen LogP contribution is -2.12. The Bertz CT molecular complexity index is 493. The number of halogens is 1. The minimum Gasteiger partial charge on any atom is -0.468 e. The van der Waals surface area contributed by atoms with Crippen LogP contribution in [0, 0.1) is 0 Å². The van der Waals surface area contributed by atoms with E-state index in [-0.39, 0.29) is 0 Å². The molecule has 0 unspecified atom stereocenters. The Morgan fingerprint density at radius 3 is 2.68 bits per heavy atom. The van der Waals surface area contributed by atoms with E-state index >= 15 is 0 Å². The molecule has 1 heterocycles. The Kier molecular flexibility index (Phi) is 5.45. The average molecular weight is 280 g/mol. The number of rotatable bonds is 7. The molecule has 1 aromatic carbocycles. The number of hydrogen-bond acceptors (Lipinski definition) is 3. The Morgan fingerprint density at radius 1 is 1.16 bits per heavy atom. The molecular weight excluding hydrogens is 262 g/mol. The summed E-state index contributed by atoms with van der Waals surface area (Å²) >= 11 is 5.84. The standard InChI is InChI=1S/C15H18ClNO2/c1-2-17-9-15-13(7-8-19-15)11-18-10-12-3-5-14(16)6-4-12/h3-8,17H,2,9-11H2,1H3. The van der Waals surface area contributed by atoms with Crippen LogP contribution in [0.1, 0.15) is 23.8 Å². The maximum atomic E-state index is 5.84. The van der Waals surface area contributed by atoms with Crippen LogP contribution in [0.5, 0.6) is 0 Å². The Morgan fingerprint density at radius 2 is 1.95 bits per heavy atom. The van der Waals surface area contributed by atoms with Gasteiger partial charge in [0, 0.05) is 10.6 Å². The molecule has 0 amide bonds. The maximum absolute atomic E-state index is 5.84. The first kappa shape index (κ1) is 14.1. The van der Waals surface area contributed by atoms with Gasteiger partial charge in [0.05, 0.1) is 26.0 Å². The molecule has 0 spiro atoms. The SMILES string of the molecule is CCNCc1occc1COCc1ccc(Cl)cc1. The summed E-state index contributed by atoms with van der Waals surface area (Å²) in [6.07, 6.45) is 1.70. The number of benzene rings is 1. The summed E-state index contributed by atoms with van der Waals surface area (Å²) in [6.45, 7) is 4.86. The van der Waals surface area contributed by atoms with Crippen molar-refractivity contribution in [2.45, 2.75) is 26.7 Å². The second-order valence-corrected chi connectivity index (χ2v) is 4.71. The fourth-order valence-electron chi connectivity index (χ4n) is 1.75. The monoisotopic (exact) mass is 279 g/mol. The van der Waals surface area contributed by atoms with E-state index in [0.717, 1.165) is 35.0 Å². The van der Waals surface area contributed by atoms with Gasteiger partial charge >= 0.3 is 0 Å². The molecule has 19 heavy (non-hydrogen) atoms. The number of nitrogens with one attached hydrogen (secondary N) is 1. The highest BCUT2D eigenvalue weighted by molar-refractivity contribution is 6.30. The molecule has 4 heteroatoms. The average Bonchev–Trinajstić information content (AvgIpc) is 2.86. The molecule has 2 aromatic rings. The van der Waals surface area contributed by atoms with Crippen molar-refractivity contribution < 1.29 is 9.15 Å². The molecule has 0 fully saturated rings. The van der Waals surface area contributed by atoms with Crippen LogP contribution in [0.2, 0.25) is 5.02 Å². The summed E-state index contributed by atoms with van der Waals surface area (Å²) in [7, 11) is 0. The van der Waals surface area contributed by atoms with Gasteiger partial charge in [0.1, 0.15) is 5.76 Å². The van der Waals surface area contributed by atoms with E-state index in [9.17, 15) is 0 Å². The molecule has 0 aliphatic heterocycles. The minimum atomic E-state index is 0.555. The molecule has 0 bridgehead atoms. The van der Waals surface area contributed by atoms with Crippen LogP contribution >= 0.6 is 11.6 Å². The predicted molar refractivity (Wildman–Crippen MR) is 76.0 cm³/mol. The van der Waals surface area contributed by atoms with Crippen molar-refractivity contribution >= 4 is 11.6 Å². The lowest BCUT2D eigenvalue weighted by atomic mass is 10.2. The molecule has 0 aliphatic carbocycles. The zero-order valence-electron chi connectivity index (χ0n) is 11.0. The van der Waals surface area contributed by atoms with Gasteiger partial charge in [0.2, 0.25) is 0 Å². The van der Waals surface area contributed by atoms with Gasteiger partial charge in [0.25, 0.3) is 0 Å². The van der Waals surface area contributed by atoms with Crippen molar-refractivity contribution in [3.63, 3.8) is 0 Å². The van der Waals surface area contributed by atoms with E-state index in [1.54, 1.807) is 6.26 Å². The molecule has 0 radical (unpaired) electrons. The summed E-state index contributed by atoms with van der Waals surface area (Å²) in [5.41, 5.74) is 2.20. The zero-order valence-corrected chi connectivity index (χ0v) is 11.7. The van der Waals surface area contributed by atoms with Gasteiger partial charge in [-0.15, -0.1) is 0 Å². The van der Waals surface area contributed by atoms with Gasteiger partial charge in [-0.2, -0.15) is 0 Å². The van der Waals surface area contributed by atoms with Gasteiger partial charge < -0.3 is 14.5 Å².